The number of aliphatic carboxylic acids is 1. The Morgan fingerprint density at radius 1 is 1.08 bits per heavy atom. The molecule has 0 bridgehead atoms. The first-order chi connectivity index (χ1) is 16.9. The normalized spacial score (nSPS) is 15.5. The maximum atomic E-state index is 13.0. The summed E-state index contributed by atoms with van der Waals surface area (Å²) in [7, 11) is 1.28. The van der Waals surface area contributed by atoms with Crippen LogP contribution in [0.15, 0.2) is 46.8 Å². The molecule has 0 spiro atoms. The highest BCUT2D eigenvalue weighted by atomic mass is 35.5. The molecule has 1 unspecified atom stereocenters. The zero-order valence-electron chi connectivity index (χ0n) is 19.5. The van der Waals surface area contributed by atoms with Gasteiger partial charge in [0, 0.05) is 23.8 Å². The van der Waals surface area contributed by atoms with E-state index in [1.807, 2.05) is 0 Å². The number of alkyl halides is 3. The molecule has 0 aromatic heterocycles. The monoisotopic (exact) mass is 537 g/mol. The van der Waals surface area contributed by atoms with Crippen molar-refractivity contribution in [2.24, 2.45) is 11.5 Å². The van der Waals surface area contributed by atoms with Crippen LogP contribution in [-0.2, 0) is 28.6 Å². The van der Waals surface area contributed by atoms with Crippen LogP contribution in [-0.4, -0.2) is 69.2 Å². The minimum atomic E-state index is -5.08. The van der Waals surface area contributed by atoms with Crippen LogP contribution in [0.25, 0.3) is 0 Å². The second-order valence-electron chi connectivity index (χ2n) is 7.07. The largest absolute Gasteiger partial charge is 0.490 e. The van der Waals surface area contributed by atoms with E-state index < -0.39 is 30.0 Å². The van der Waals surface area contributed by atoms with E-state index in [2.05, 4.69) is 5.32 Å². The van der Waals surface area contributed by atoms with Crippen LogP contribution in [0.2, 0.25) is 5.02 Å². The van der Waals surface area contributed by atoms with Gasteiger partial charge in [-0.05, 0) is 18.6 Å². The van der Waals surface area contributed by atoms with Crippen molar-refractivity contribution in [1.82, 2.24) is 5.32 Å². The second kappa shape index (κ2) is 14.4. The average molecular weight is 538 g/mol. The van der Waals surface area contributed by atoms with E-state index in [9.17, 15) is 22.8 Å². The molecule has 0 aliphatic carbocycles. The van der Waals surface area contributed by atoms with E-state index in [4.69, 9.17) is 47.2 Å². The summed E-state index contributed by atoms with van der Waals surface area (Å²) >= 11 is 6.43. The summed E-state index contributed by atoms with van der Waals surface area (Å²) in [5, 5.41) is 10.6. The molecule has 36 heavy (non-hydrogen) atoms. The number of ether oxygens (including phenoxy) is 3. The van der Waals surface area contributed by atoms with E-state index >= 15 is 0 Å². The van der Waals surface area contributed by atoms with Crippen LogP contribution < -0.4 is 16.8 Å². The lowest BCUT2D eigenvalue weighted by Crippen LogP contribution is -2.35. The molecule has 1 heterocycles. The zero-order valence-corrected chi connectivity index (χ0v) is 20.2. The van der Waals surface area contributed by atoms with Crippen molar-refractivity contribution in [2.45, 2.75) is 19.0 Å². The Morgan fingerprint density at radius 3 is 2.17 bits per heavy atom. The molecule has 1 aliphatic heterocycles. The van der Waals surface area contributed by atoms with Gasteiger partial charge in [-0.2, -0.15) is 13.2 Å². The van der Waals surface area contributed by atoms with Gasteiger partial charge in [0.2, 0.25) is 0 Å². The number of hydrogen-bond acceptors (Lipinski definition) is 9. The number of nitrogens with two attached hydrogens (primary N) is 2. The highest BCUT2D eigenvalue weighted by Gasteiger charge is 2.40. The van der Waals surface area contributed by atoms with Gasteiger partial charge >= 0.3 is 24.1 Å². The molecular weight excluding hydrogens is 511 g/mol. The second-order valence-corrected chi connectivity index (χ2v) is 7.48. The van der Waals surface area contributed by atoms with E-state index in [-0.39, 0.29) is 30.9 Å². The molecule has 0 saturated heterocycles. The number of hydrogen-bond donors (Lipinski definition) is 4. The standard InChI is InChI=1S/C20H26ClN3O5.C2HF3O2/c1-12-16(19(25)27-2)17(13-5-3-4-6-14(13)21)18(20(26)29-10-8-23)15(24-12)11-28-9-7-22;3-2(4,5)1(6)7/h3-6,17,24H,7-11,22-23H2,1-2H3;(H,6,7). The van der Waals surface area contributed by atoms with Crippen molar-refractivity contribution in [1.29, 1.82) is 0 Å². The smallest absolute Gasteiger partial charge is 0.475 e. The number of benzene rings is 1. The van der Waals surface area contributed by atoms with Crippen molar-refractivity contribution in [3.05, 3.63) is 57.4 Å². The average Bonchev–Trinajstić information content (AvgIpc) is 2.82. The summed E-state index contributed by atoms with van der Waals surface area (Å²) in [6, 6.07) is 6.99. The highest BCUT2D eigenvalue weighted by Crippen LogP contribution is 2.41. The van der Waals surface area contributed by atoms with Crippen LogP contribution in [0.3, 0.4) is 0 Å². The van der Waals surface area contributed by atoms with E-state index in [0.29, 0.717) is 35.1 Å². The summed E-state index contributed by atoms with van der Waals surface area (Å²) in [5.74, 6) is -4.74. The molecule has 0 fully saturated rings. The molecule has 1 aliphatic rings. The number of dihydropyridines is 1. The highest BCUT2D eigenvalue weighted by molar-refractivity contribution is 6.31. The van der Waals surface area contributed by atoms with E-state index in [0.717, 1.165) is 0 Å². The zero-order chi connectivity index (χ0) is 27.5. The Balaban J connectivity index is 0.000000809. The lowest BCUT2D eigenvalue weighted by atomic mass is 9.80. The lowest BCUT2D eigenvalue weighted by molar-refractivity contribution is -0.192. The number of nitrogens with one attached hydrogen (secondary N) is 1. The molecule has 0 amide bonds. The van der Waals surface area contributed by atoms with Crippen molar-refractivity contribution >= 4 is 29.5 Å². The van der Waals surface area contributed by atoms with Gasteiger partial charge in [0.1, 0.15) is 6.61 Å². The molecule has 1 aromatic rings. The number of allylic oxidation sites excluding steroid dienone is 1. The van der Waals surface area contributed by atoms with Crippen LogP contribution in [0.4, 0.5) is 13.2 Å². The van der Waals surface area contributed by atoms with Crippen LogP contribution >= 0.6 is 11.6 Å². The molecule has 200 valence electrons. The predicted octanol–water partition coefficient (Wildman–Crippen LogP) is 1.84. The molecule has 1 atom stereocenters. The first-order valence-electron chi connectivity index (χ1n) is 10.4. The molecule has 0 radical (unpaired) electrons. The Hall–Kier alpha value is -3.13. The summed E-state index contributed by atoms with van der Waals surface area (Å²) in [5.41, 5.74) is 13.0. The summed E-state index contributed by atoms with van der Waals surface area (Å²) in [6.45, 7) is 2.64. The number of rotatable bonds is 9. The number of carboxylic acids is 1. The van der Waals surface area contributed by atoms with Gasteiger partial charge in [0.25, 0.3) is 0 Å². The van der Waals surface area contributed by atoms with Gasteiger partial charge in [-0.3, -0.25) is 0 Å². The fourth-order valence-electron chi connectivity index (χ4n) is 3.14. The predicted molar refractivity (Wildman–Crippen MR) is 123 cm³/mol. The third-order valence-electron chi connectivity index (χ3n) is 4.59. The van der Waals surface area contributed by atoms with Crippen molar-refractivity contribution < 1.29 is 46.9 Å². The molecular formula is C22H27ClF3N3O7. The quantitative estimate of drug-likeness (QED) is 0.270. The van der Waals surface area contributed by atoms with Gasteiger partial charge in [0.15, 0.2) is 0 Å². The maximum Gasteiger partial charge on any atom is 0.490 e. The number of carbonyl (C=O) groups excluding carboxylic acids is 2. The lowest BCUT2D eigenvalue weighted by Gasteiger charge is -2.31. The molecule has 0 saturated carbocycles. The third kappa shape index (κ3) is 8.52. The van der Waals surface area contributed by atoms with Crippen molar-refractivity contribution in [3.8, 4) is 0 Å². The minimum Gasteiger partial charge on any atom is -0.475 e. The Labute approximate surface area is 210 Å². The Morgan fingerprint density at radius 2 is 1.67 bits per heavy atom. The molecule has 14 heteroatoms. The van der Waals surface area contributed by atoms with E-state index in [1.54, 1.807) is 31.2 Å². The summed E-state index contributed by atoms with van der Waals surface area (Å²) in [4.78, 5) is 34.5. The summed E-state index contributed by atoms with van der Waals surface area (Å²) < 4.78 is 47.5. The Kier molecular flexibility index (Phi) is 12.4. The number of carbonyl (C=O) groups is 3. The first kappa shape index (κ1) is 30.9. The molecule has 6 N–H and O–H groups in total. The summed E-state index contributed by atoms with van der Waals surface area (Å²) in [6.07, 6.45) is -5.08. The number of esters is 2. The fourth-order valence-corrected chi connectivity index (χ4v) is 3.38. The van der Waals surface area contributed by atoms with Gasteiger partial charge in [0.05, 0.1) is 43.1 Å². The van der Waals surface area contributed by atoms with Crippen molar-refractivity contribution in [3.63, 3.8) is 0 Å². The molecule has 2 rings (SSSR count). The number of methoxy groups -OCH3 is 1. The van der Waals surface area contributed by atoms with Crippen molar-refractivity contribution in [2.75, 3.05) is 40.0 Å². The van der Waals surface area contributed by atoms with Crippen LogP contribution in [0.1, 0.15) is 18.4 Å². The van der Waals surface area contributed by atoms with E-state index in [1.165, 1.54) is 7.11 Å². The van der Waals surface area contributed by atoms with Gasteiger partial charge in [-0.1, -0.05) is 29.8 Å². The Bertz CT molecular complexity index is 1010. The third-order valence-corrected chi connectivity index (χ3v) is 4.93. The number of halogens is 4. The van der Waals surface area contributed by atoms with Gasteiger partial charge in [-0.25, -0.2) is 14.4 Å². The number of carboxylic acid groups (broad SMARTS) is 1. The molecule has 1 aromatic carbocycles. The van der Waals surface area contributed by atoms with Crippen LogP contribution in [0.5, 0.6) is 0 Å². The van der Waals surface area contributed by atoms with Crippen LogP contribution in [0, 0.1) is 0 Å². The first-order valence-corrected chi connectivity index (χ1v) is 10.8. The maximum absolute atomic E-state index is 13.0. The topological polar surface area (TPSA) is 163 Å². The van der Waals surface area contributed by atoms with Gasteiger partial charge < -0.3 is 36.1 Å². The fraction of sp³-hybridized carbons (Fsp3) is 0.409. The van der Waals surface area contributed by atoms with Gasteiger partial charge in [-0.15, -0.1) is 0 Å². The SMILES string of the molecule is COC(=O)C1=C(C)NC(COCCN)=C(C(=O)OCCN)C1c1ccccc1Cl.O=C(O)C(F)(F)F. The minimum absolute atomic E-state index is 0.0325. The molecule has 10 nitrogen and oxygen atoms in total.